The third-order valence-corrected chi connectivity index (χ3v) is 6.67. The Hall–Kier alpha value is -1.97. The number of benzene rings is 2. The molecule has 1 atom stereocenters. The number of aryl methyl sites for hydroxylation is 1. The number of alkyl halides is 3. The molecule has 3 rings (SSSR count). The number of rotatable bonds is 6. The maximum absolute atomic E-state index is 14.6. The van der Waals surface area contributed by atoms with Crippen molar-refractivity contribution in [2.45, 2.75) is 24.1 Å². The van der Waals surface area contributed by atoms with Crippen molar-refractivity contribution in [3.05, 3.63) is 58.4 Å². The molecule has 1 aliphatic rings. The van der Waals surface area contributed by atoms with Crippen molar-refractivity contribution in [1.29, 1.82) is 0 Å². The molecule has 0 aliphatic carbocycles. The minimum atomic E-state index is -4.31. The monoisotopic (exact) mass is 490 g/mol. The molecule has 1 aliphatic heterocycles. The van der Waals surface area contributed by atoms with E-state index in [1.807, 2.05) is 0 Å². The highest BCUT2D eigenvalue weighted by Crippen LogP contribution is 2.34. The van der Waals surface area contributed by atoms with Crippen LogP contribution in [0.3, 0.4) is 0 Å². The van der Waals surface area contributed by atoms with Crippen molar-refractivity contribution in [2.75, 3.05) is 43.9 Å². The average Bonchev–Trinajstić information content (AvgIpc) is 2.74. The molecule has 1 heterocycles. The third-order valence-electron chi connectivity index (χ3n) is 5.20. The number of carbonyl (C=O) groups excluding carboxylic acids is 1. The zero-order valence-electron chi connectivity index (χ0n) is 17.6. The first-order chi connectivity index (χ1) is 15.1. The Morgan fingerprint density at radius 2 is 1.78 bits per heavy atom. The van der Waals surface area contributed by atoms with Gasteiger partial charge in [0.1, 0.15) is 5.82 Å². The highest BCUT2D eigenvalue weighted by atomic mass is 35.5. The van der Waals surface area contributed by atoms with E-state index in [1.54, 1.807) is 41.0 Å². The van der Waals surface area contributed by atoms with Gasteiger partial charge in [-0.1, -0.05) is 23.7 Å². The molecule has 1 unspecified atom stereocenters. The Labute approximate surface area is 193 Å². The number of methoxy groups -OCH3 is 1. The Morgan fingerprint density at radius 1 is 1.16 bits per heavy atom. The summed E-state index contributed by atoms with van der Waals surface area (Å²) in [6, 6.07) is 9.54. The predicted molar refractivity (Wildman–Crippen MR) is 118 cm³/mol. The van der Waals surface area contributed by atoms with Gasteiger partial charge in [0.2, 0.25) is 0 Å². The number of ether oxygens (including phenoxy) is 1. The van der Waals surface area contributed by atoms with Crippen LogP contribution in [-0.4, -0.2) is 56.0 Å². The molecule has 2 aromatic carbocycles. The van der Waals surface area contributed by atoms with Crippen LogP contribution >= 0.6 is 23.4 Å². The fraction of sp³-hybridized carbons (Fsp3) is 0.409. The first kappa shape index (κ1) is 24.7. The van der Waals surface area contributed by atoms with Gasteiger partial charge in [0.05, 0.1) is 11.4 Å². The number of anilines is 1. The van der Waals surface area contributed by atoms with Crippen LogP contribution in [0.1, 0.15) is 17.2 Å². The molecule has 0 spiro atoms. The van der Waals surface area contributed by atoms with E-state index in [4.69, 9.17) is 16.3 Å². The van der Waals surface area contributed by atoms with Crippen LogP contribution in [-0.2, 0) is 9.53 Å². The highest BCUT2D eigenvalue weighted by Gasteiger charge is 2.30. The van der Waals surface area contributed by atoms with Crippen LogP contribution in [0, 0.1) is 12.7 Å². The molecule has 1 fully saturated rings. The highest BCUT2D eigenvalue weighted by molar-refractivity contribution is 7.99. The Bertz CT molecular complexity index is 948. The molecule has 0 radical (unpaired) electrons. The van der Waals surface area contributed by atoms with Gasteiger partial charge in [-0.25, -0.2) is 4.39 Å². The Kier molecular flexibility index (Phi) is 7.95. The van der Waals surface area contributed by atoms with Crippen LogP contribution in [0.25, 0.3) is 0 Å². The van der Waals surface area contributed by atoms with Gasteiger partial charge in [-0.3, -0.25) is 4.79 Å². The fourth-order valence-corrected chi connectivity index (χ4v) is 4.48. The molecule has 4 nitrogen and oxygen atoms in total. The molecule has 1 saturated heterocycles. The second kappa shape index (κ2) is 10.3. The van der Waals surface area contributed by atoms with E-state index in [1.165, 1.54) is 19.2 Å². The molecule has 0 N–H and O–H groups in total. The van der Waals surface area contributed by atoms with Crippen molar-refractivity contribution >= 4 is 35.0 Å². The summed E-state index contributed by atoms with van der Waals surface area (Å²) < 4.78 is 57.8. The summed E-state index contributed by atoms with van der Waals surface area (Å²) >= 11 is 6.55. The SMILES string of the molecule is COC(C(=O)N1CCN(c2cc(SCC(F)(F)F)c(C)cc2F)CC1)c1ccc(Cl)cc1. The number of carbonyl (C=O) groups is 1. The van der Waals surface area contributed by atoms with Gasteiger partial charge in [0.25, 0.3) is 5.91 Å². The number of nitrogens with zero attached hydrogens (tertiary/aromatic N) is 2. The number of piperazine rings is 1. The largest absolute Gasteiger partial charge is 0.398 e. The molecule has 32 heavy (non-hydrogen) atoms. The van der Waals surface area contributed by atoms with E-state index in [0.717, 1.165) is 0 Å². The number of hydrogen-bond donors (Lipinski definition) is 0. The maximum atomic E-state index is 14.6. The van der Waals surface area contributed by atoms with E-state index < -0.39 is 23.9 Å². The molecule has 10 heteroatoms. The average molecular weight is 491 g/mol. The van der Waals surface area contributed by atoms with Crippen LogP contribution < -0.4 is 4.90 Å². The van der Waals surface area contributed by atoms with Crippen molar-refractivity contribution in [3.63, 3.8) is 0 Å². The predicted octanol–water partition coefficient (Wildman–Crippen LogP) is 5.48. The van der Waals surface area contributed by atoms with Crippen LogP contribution in [0.4, 0.5) is 23.2 Å². The topological polar surface area (TPSA) is 32.8 Å². The van der Waals surface area contributed by atoms with E-state index in [0.29, 0.717) is 59.0 Å². The van der Waals surface area contributed by atoms with Crippen molar-refractivity contribution in [3.8, 4) is 0 Å². The Morgan fingerprint density at radius 3 is 2.34 bits per heavy atom. The molecule has 174 valence electrons. The number of thioether (sulfide) groups is 1. The van der Waals surface area contributed by atoms with E-state index in [-0.39, 0.29) is 11.6 Å². The zero-order valence-corrected chi connectivity index (χ0v) is 19.2. The summed E-state index contributed by atoms with van der Waals surface area (Å²) in [4.78, 5) is 16.8. The lowest BCUT2D eigenvalue weighted by atomic mass is 10.1. The van der Waals surface area contributed by atoms with E-state index in [9.17, 15) is 22.4 Å². The van der Waals surface area contributed by atoms with Crippen LogP contribution in [0.15, 0.2) is 41.3 Å². The lowest BCUT2D eigenvalue weighted by Gasteiger charge is -2.37. The molecule has 1 amide bonds. The molecular weight excluding hydrogens is 468 g/mol. The molecule has 0 aromatic heterocycles. The summed E-state index contributed by atoms with van der Waals surface area (Å²) in [5.41, 5.74) is 1.38. The van der Waals surface area contributed by atoms with Gasteiger partial charge in [0, 0.05) is 43.2 Å². The molecule has 0 bridgehead atoms. The smallest absolute Gasteiger partial charge is 0.367 e. The first-order valence-electron chi connectivity index (χ1n) is 9.90. The lowest BCUT2D eigenvalue weighted by Crippen LogP contribution is -2.50. The summed E-state index contributed by atoms with van der Waals surface area (Å²) in [6.45, 7) is 2.97. The Balaban J connectivity index is 1.68. The number of amides is 1. The van der Waals surface area contributed by atoms with Gasteiger partial charge >= 0.3 is 6.18 Å². The van der Waals surface area contributed by atoms with Gasteiger partial charge in [-0.2, -0.15) is 13.2 Å². The quantitative estimate of drug-likeness (QED) is 0.396. The maximum Gasteiger partial charge on any atom is 0.398 e. The van der Waals surface area contributed by atoms with Gasteiger partial charge < -0.3 is 14.5 Å². The molecule has 2 aromatic rings. The van der Waals surface area contributed by atoms with Crippen LogP contribution in [0.5, 0.6) is 0 Å². The molecule has 0 saturated carbocycles. The standard InChI is InChI=1S/C22H23ClF4N2O2S/c1-14-11-17(24)18(12-19(14)32-13-22(25,26)27)28-7-9-29(10-8-28)21(30)20(31-2)15-3-5-16(23)6-4-15/h3-6,11-12,20H,7-10,13H2,1-2H3. The van der Waals surface area contributed by atoms with Crippen molar-refractivity contribution in [2.24, 2.45) is 0 Å². The number of halogens is 5. The van der Waals surface area contributed by atoms with E-state index in [2.05, 4.69) is 0 Å². The third kappa shape index (κ3) is 6.08. The first-order valence-corrected chi connectivity index (χ1v) is 11.3. The zero-order chi connectivity index (χ0) is 23.5. The summed E-state index contributed by atoms with van der Waals surface area (Å²) in [6.07, 6.45) is -5.08. The second-order valence-electron chi connectivity index (χ2n) is 7.45. The molecular formula is C22H23ClF4N2O2S. The van der Waals surface area contributed by atoms with Gasteiger partial charge in [-0.05, 0) is 42.3 Å². The minimum absolute atomic E-state index is 0.208. The summed E-state index contributed by atoms with van der Waals surface area (Å²) in [5.74, 6) is -1.74. The van der Waals surface area contributed by atoms with Crippen molar-refractivity contribution < 1.29 is 27.1 Å². The fourth-order valence-electron chi connectivity index (χ4n) is 3.55. The summed E-state index contributed by atoms with van der Waals surface area (Å²) in [5, 5.41) is 0.553. The van der Waals surface area contributed by atoms with Crippen molar-refractivity contribution in [1.82, 2.24) is 4.90 Å². The minimum Gasteiger partial charge on any atom is -0.367 e. The van der Waals surface area contributed by atoms with Crippen LogP contribution in [0.2, 0.25) is 5.02 Å². The normalized spacial score (nSPS) is 15.7. The second-order valence-corrected chi connectivity index (χ2v) is 8.91. The van der Waals surface area contributed by atoms with Gasteiger partial charge in [-0.15, -0.1) is 11.8 Å². The van der Waals surface area contributed by atoms with E-state index >= 15 is 0 Å². The number of hydrogen-bond acceptors (Lipinski definition) is 4. The summed E-state index contributed by atoms with van der Waals surface area (Å²) in [7, 11) is 1.45. The van der Waals surface area contributed by atoms with Gasteiger partial charge in [0.15, 0.2) is 6.10 Å². The lowest BCUT2D eigenvalue weighted by molar-refractivity contribution is -0.142.